The summed E-state index contributed by atoms with van der Waals surface area (Å²) >= 11 is 0. The molecular weight excluding hydrogens is 336 g/mol. The van der Waals surface area contributed by atoms with E-state index >= 15 is 0 Å². The number of nitrogens with one attached hydrogen (secondary N) is 1. The van der Waals surface area contributed by atoms with E-state index < -0.39 is 0 Å². The predicted molar refractivity (Wildman–Crippen MR) is 107 cm³/mol. The summed E-state index contributed by atoms with van der Waals surface area (Å²) in [6, 6.07) is 16.3. The molecule has 1 aromatic heterocycles. The average molecular weight is 358 g/mol. The van der Waals surface area contributed by atoms with Crippen LogP contribution >= 0.6 is 0 Å². The molecule has 2 aromatic carbocycles. The summed E-state index contributed by atoms with van der Waals surface area (Å²) in [5, 5.41) is 2.93. The quantitative estimate of drug-likeness (QED) is 0.769. The monoisotopic (exact) mass is 358 g/mol. The van der Waals surface area contributed by atoms with Gasteiger partial charge in [0, 0.05) is 18.8 Å². The molecule has 0 bridgehead atoms. The number of aromatic nitrogens is 2. The maximum absolute atomic E-state index is 12.5. The van der Waals surface area contributed by atoms with Crippen LogP contribution in [-0.4, -0.2) is 22.4 Å². The molecule has 5 heteroatoms. The number of carbonyl (C=O) groups is 1. The first-order valence-electron chi connectivity index (χ1n) is 9.27. The highest BCUT2D eigenvalue weighted by molar-refractivity contribution is 6.03. The van der Waals surface area contributed by atoms with Gasteiger partial charge in [0.25, 0.3) is 5.91 Å². The van der Waals surface area contributed by atoms with Crippen molar-refractivity contribution in [3.8, 4) is 0 Å². The van der Waals surface area contributed by atoms with Crippen molar-refractivity contribution in [1.82, 2.24) is 9.97 Å². The lowest BCUT2D eigenvalue weighted by Gasteiger charge is -2.29. The normalized spacial score (nSPS) is 13.1. The number of carbonyl (C=O) groups excluding carboxylic acids is 1. The van der Waals surface area contributed by atoms with Crippen LogP contribution in [0.25, 0.3) is 0 Å². The Hall–Kier alpha value is -3.21. The number of amides is 1. The van der Waals surface area contributed by atoms with Crippen molar-refractivity contribution in [3.05, 3.63) is 83.3 Å². The van der Waals surface area contributed by atoms with Crippen molar-refractivity contribution in [2.24, 2.45) is 0 Å². The highest BCUT2D eigenvalue weighted by atomic mass is 16.1. The Labute approximate surface area is 159 Å². The van der Waals surface area contributed by atoms with Crippen molar-refractivity contribution >= 4 is 17.4 Å². The number of hydrogen-bond acceptors (Lipinski definition) is 4. The van der Waals surface area contributed by atoms with E-state index in [0.29, 0.717) is 5.69 Å². The number of rotatable bonds is 4. The molecule has 5 nitrogen and oxygen atoms in total. The van der Waals surface area contributed by atoms with Gasteiger partial charge in [-0.25, -0.2) is 9.97 Å². The van der Waals surface area contributed by atoms with Crippen LogP contribution in [-0.2, 0) is 19.4 Å². The van der Waals surface area contributed by atoms with Crippen molar-refractivity contribution < 1.29 is 4.79 Å². The number of fused-ring (bicyclic) bond motifs is 1. The third-order valence-corrected chi connectivity index (χ3v) is 4.97. The smallest absolute Gasteiger partial charge is 0.275 e. The van der Waals surface area contributed by atoms with Gasteiger partial charge in [-0.2, -0.15) is 0 Å². The molecule has 1 N–H and O–H groups in total. The molecule has 0 saturated heterocycles. The van der Waals surface area contributed by atoms with E-state index in [1.54, 1.807) is 12.4 Å². The van der Waals surface area contributed by atoms with Gasteiger partial charge in [0.15, 0.2) is 0 Å². The topological polar surface area (TPSA) is 58.1 Å². The molecule has 0 aliphatic carbocycles. The maximum Gasteiger partial charge on any atom is 0.275 e. The molecule has 0 radical (unpaired) electrons. The minimum atomic E-state index is -0.237. The van der Waals surface area contributed by atoms with E-state index in [9.17, 15) is 4.79 Å². The average Bonchev–Trinajstić information content (AvgIpc) is 2.74. The Bertz CT molecular complexity index is 953. The Morgan fingerprint density at radius 1 is 1.04 bits per heavy atom. The first kappa shape index (κ1) is 17.2. The summed E-state index contributed by atoms with van der Waals surface area (Å²) in [5.74, 6) is 0.564. The number of benzene rings is 2. The molecule has 1 aliphatic heterocycles. The second-order valence-electron chi connectivity index (χ2n) is 6.66. The van der Waals surface area contributed by atoms with Crippen LogP contribution in [0, 0.1) is 0 Å². The molecule has 27 heavy (non-hydrogen) atoms. The van der Waals surface area contributed by atoms with Gasteiger partial charge in [-0.1, -0.05) is 49.4 Å². The molecule has 1 amide bonds. The van der Waals surface area contributed by atoms with E-state index in [2.05, 4.69) is 51.4 Å². The van der Waals surface area contributed by atoms with Gasteiger partial charge in [0.2, 0.25) is 0 Å². The third-order valence-electron chi connectivity index (χ3n) is 4.97. The van der Waals surface area contributed by atoms with Crippen LogP contribution in [0.3, 0.4) is 0 Å². The van der Waals surface area contributed by atoms with Crippen LogP contribution in [0.2, 0.25) is 0 Å². The minimum Gasteiger partial charge on any atom is -0.351 e. The highest BCUT2D eigenvalue weighted by Crippen LogP contribution is 2.22. The summed E-state index contributed by atoms with van der Waals surface area (Å²) in [5.41, 5.74) is 4.96. The summed E-state index contributed by atoms with van der Waals surface area (Å²) in [4.78, 5) is 23.5. The molecule has 0 saturated carbocycles. The molecule has 2 heterocycles. The lowest BCUT2D eigenvalue weighted by atomic mass is 10.0. The van der Waals surface area contributed by atoms with Crippen LogP contribution in [0.4, 0.5) is 11.5 Å². The minimum absolute atomic E-state index is 0.237. The first-order valence-corrected chi connectivity index (χ1v) is 9.27. The molecule has 0 unspecified atom stereocenters. The third kappa shape index (κ3) is 3.67. The molecule has 0 atom stereocenters. The molecule has 3 aromatic rings. The molecule has 0 spiro atoms. The number of anilines is 2. The zero-order valence-corrected chi connectivity index (χ0v) is 15.4. The lowest BCUT2D eigenvalue weighted by Crippen LogP contribution is -2.31. The Balaban J connectivity index is 1.47. The summed E-state index contributed by atoms with van der Waals surface area (Å²) in [6.45, 7) is 3.79. The zero-order chi connectivity index (χ0) is 18.6. The molecule has 136 valence electrons. The van der Waals surface area contributed by atoms with E-state index in [0.717, 1.165) is 43.0 Å². The van der Waals surface area contributed by atoms with E-state index in [1.165, 1.54) is 11.1 Å². The van der Waals surface area contributed by atoms with Gasteiger partial charge in [0.1, 0.15) is 11.5 Å². The fourth-order valence-corrected chi connectivity index (χ4v) is 3.43. The maximum atomic E-state index is 12.5. The van der Waals surface area contributed by atoms with Crippen LogP contribution < -0.4 is 10.2 Å². The second kappa shape index (κ2) is 7.58. The predicted octanol–water partition coefficient (Wildman–Crippen LogP) is 3.85. The summed E-state index contributed by atoms with van der Waals surface area (Å²) in [7, 11) is 0. The van der Waals surface area contributed by atoms with Gasteiger partial charge in [-0.05, 0) is 35.6 Å². The second-order valence-corrected chi connectivity index (χ2v) is 6.66. The number of hydrogen-bond donors (Lipinski definition) is 1. The van der Waals surface area contributed by atoms with Crippen molar-refractivity contribution in [2.75, 3.05) is 16.8 Å². The lowest BCUT2D eigenvalue weighted by molar-refractivity contribution is 0.102. The molecule has 0 fully saturated rings. The molecule has 1 aliphatic rings. The van der Waals surface area contributed by atoms with E-state index in [4.69, 9.17) is 0 Å². The Morgan fingerprint density at radius 2 is 1.81 bits per heavy atom. The van der Waals surface area contributed by atoms with Crippen LogP contribution in [0.1, 0.15) is 34.1 Å². The Kier molecular flexibility index (Phi) is 4.83. The highest BCUT2D eigenvalue weighted by Gasteiger charge is 2.18. The van der Waals surface area contributed by atoms with E-state index in [1.807, 2.05) is 24.3 Å². The number of aryl methyl sites for hydroxylation is 1. The van der Waals surface area contributed by atoms with Gasteiger partial charge in [-0.3, -0.25) is 4.79 Å². The molecule has 4 rings (SSSR count). The van der Waals surface area contributed by atoms with E-state index in [-0.39, 0.29) is 5.91 Å². The van der Waals surface area contributed by atoms with Gasteiger partial charge < -0.3 is 10.2 Å². The zero-order valence-electron chi connectivity index (χ0n) is 15.4. The van der Waals surface area contributed by atoms with Gasteiger partial charge in [0.05, 0.1) is 12.4 Å². The fraction of sp³-hybridized carbons (Fsp3) is 0.227. The summed E-state index contributed by atoms with van der Waals surface area (Å²) < 4.78 is 0. The first-order chi connectivity index (χ1) is 13.2. The summed E-state index contributed by atoms with van der Waals surface area (Å²) in [6.07, 6.45) is 5.10. The van der Waals surface area contributed by atoms with Gasteiger partial charge >= 0.3 is 0 Å². The standard InChI is InChI=1S/C22H22N4O/c1-2-16-7-5-6-10-19(16)25-22(27)20-13-24-21(14-23-20)26-12-11-17-8-3-4-9-18(17)15-26/h3-10,13-14H,2,11-12,15H2,1H3,(H,25,27). The molecular formula is C22H22N4O. The SMILES string of the molecule is CCc1ccccc1NC(=O)c1cnc(N2CCc3ccccc3C2)cn1. The largest absolute Gasteiger partial charge is 0.351 e. The number of para-hydroxylation sites is 1. The van der Waals surface area contributed by atoms with Crippen LogP contribution in [0.15, 0.2) is 60.9 Å². The Morgan fingerprint density at radius 3 is 2.59 bits per heavy atom. The van der Waals surface area contributed by atoms with Crippen LogP contribution in [0.5, 0.6) is 0 Å². The number of nitrogens with zero attached hydrogens (tertiary/aromatic N) is 3. The fourth-order valence-electron chi connectivity index (χ4n) is 3.43. The van der Waals surface area contributed by atoms with Crippen molar-refractivity contribution in [3.63, 3.8) is 0 Å². The van der Waals surface area contributed by atoms with Gasteiger partial charge in [-0.15, -0.1) is 0 Å². The van der Waals surface area contributed by atoms with Crippen molar-refractivity contribution in [2.45, 2.75) is 26.3 Å². The van der Waals surface area contributed by atoms with Crippen molar-refractivity contribution in [1.29, 1.82) is 0 Å².